The van der Waals surface area contributed by atoms with Gasteiger partial charge in [-0.15, -0.1) is 0 Å². The zero-order chi connectivity index (χ0) is 16.0. The molecule has 0 fully saturated rings. The van der Waals surface area contributed by atoms with E-state index >= 15 is 0 Å². The van der Waals surface area contributed by atoms with E-state index in [0.717, 1.165) is 11.3 Å². The number of carbonyl (C=O) groups is 1. The van der Waals surface area contributed by atoms with Gasteiger partial charge in [0.1, 0.15) is 5.75 Å². The van der Waals surface area contributed by atoms with Gasteiger partial charge in [-0.2, -0.15) is 0 Å². The topological polar surface area (TPSA) is 38.3 Å². The zero-order valence-electron chi connectivity index (χ0n) is 14.1. The number of rotatable bonds is 7. The summed E-state index contributed by atoms with van der Waals surface area (Å²) < 4.78 is 5.90. The van der Waals surface area contributed by atoms with Gasteiger partial charge in [-0.1, -0.05) is 52.8 Å². The summed E-state index contributed by atoms with van der Waals surface area (Å²) in [5, 5.41) is 3.14. The van der Waals surface area contributed by atoms with E-state index in [1.165, 1.54) is 0 Å². The lowest BCUT2D eigenvalue weighted by atomic mass is 9.93. The van der Waals surface area contributed by atoms with Crippen LogP contribution in [0.3, 0.4) is 0 Å². The summed E-state index contributed by atoms with van der Waals surface area (Å²) >= 11 is 0. The number of amides is 1. The van der Waals surface area contributed by atoms with Crippen molar-refractivity contribution in [2.45, 2.75) is 60.1 Å². The second-order valence-electron chi connectivity index (χ2n) is 6.30. The predicted molar refractivity (Wildman–Crippen MR) is 87.5 cm³/mol. The first kappa shape index (κ1) is 17.5. The van der Waals surface area contributed by atoms with Crippen molar-refractivity contribution in [3.8, 4) is 5.75 Å². The third-order valence-electron chi connectivity index (χ3n) is 3.77. The first-order chi connectivity index (χ1) is 9.86. The smallest absolute Gasteiger partial charge is 0.261 e. The molecular weight excluding hydrogens is 262 g/mol. The van der Waals surface area contributed by atoms with Crippen LogP contribution >= 0.6 is 0 Å². The Balaban J connectivity index is 2.76. The molecule has 1 atom stereocenters. The molecule has 118 valence electrons. The summed E-state index contributed by atoms with van der Waals surface area (Å²) in [6.07, 6.45) is 0.217. The van der Waals surface area contributed by atoms with Gasteiger partial charge in [0.25, 0.3) is 5.91 Å². The highest BCUT2D eigenvalue weighted by Crippen LogP contribution is 2.19. The lowest BCUT2D eigenvalue weighted by Gasteiger charge is -2.28. The number of benzene rings is 1. The van der Waals surface area contributed by atoms with Crippen molar-refractivity contribution in [2.75, 3.05) is 0 Å². The summed E-state index contributed by atoms with van der Waals surface area (Å²) in [4.78, 5) is 12.5. The molecule has 0 aliphatic carbocycles. The Hall–Kier alpha value is -1.51. The lowest BCUT2D eigenvalue weighted by Crippen LogP contribution is -2.48. The largest absolute Gasteiger partial charge is 0.480 e. The number of hydrogen-bond acceptors (Lipinski definition) is 2. The van der Waals surface area contributed by atoms with Crippen LogP contribution in [0.25, 0.3) is 0 Å². The second-order valence-corrected chi connectivity index (χ2v) is 6.30. The molecule has 0 aliphatic rings. The van der Waals surface area contributed by atoms with Crippen molar-refractivity contribution in [3.63, 3.8) is 0 Å². The maximum absolute atomic E-state index is 12.5. The molecule has 3 nitrogen and oxygen atoms in total. The molecule has 0 bridgehead atoms. The Bertz CT molecular complexity index is 446. The van der Waals surface area contributed by atoms with E-state index in [2.05, 4.69) is 33.0 Å². The summed E-state index contributed by atoms with van der Waals surface area (Å²) in [6.45, 7) is 12.5. The van der Waals surface area contributed by atoms with E-state index < -0.39 is 6.10 Å². The van der Waals surface area contributed by atoms with Gasteiger partial charge in [0.05, 0.1) is 0 Å². The van der Waals surface area contributed by atoms with E-state index in [4.69, 9.17) is 4.74 Å². The van der Waals surface area contributed by atoms with Gasteiger partial charge in [0, 0.05) is 6.04 Å². The predicted octanol–water partition coefficient (Wildman–Crippen LogP) is 3.95. The Morgan fingerprint density at radius 1 is 1.14 bits per heavy atom. The van der Waals surface area contributed by atoms with Crippen molar-refractivity contribution in [2.24, 2.45) is 11.8 Å². The number of para-hydroxylation sites is 1. The number of nitrogens with one attached hydrogen (secondary N) is 1. The summed E-state index contributed by atoms with van der Waals surface area (Å²) in [5.41, 5.74) is 1.05. The standard InChI is InChI=1S/C18H29NO2/c1-7-15(21-16-11-9-8-10-14(16)6)18(20)19-17(12(2)3)13(4)5/h8-13,15,17H,7H2,1-6H3,(H,19,20). The average molecular weight is 291 g/mol. The van der Waals surface area contributed by atoms with Crippen LogP contribution in [-0.2, 0) is 4.79 Å². The summed E-state index contributed by atoms with van der Waals surface area (Å²) in [7, 11) is 0. The maximum Gasteiger partial charge on any atom is 0.261 e. The van der Waals surface area contributed by atoms with Crippen molar-refractivity contribution >= 4 is 5.91 Å². The minimum Gasteiger partial charge on any atom is -0.480 e. The molecule has 1 aromatic rings. The highest BCUT2D eigenvalue weighted by Gasteiger charge is 2.25. The summed E-state index contributed by atoms with van der Waals surface area (Å²) in [6, 6.07) is 7.97. The fraction of sp³-hybridized carbons (Fsp3) is 0.611. The SMILES string of the molecule is CCC(Oc1ccccc1C)C(=O)NC(C(C)C)C(C)C. The van der Waals surface area contributed by atoms with Gasteiger partial charge in [-0.25, -0.2) is 0 Å². The van der Waals surface area contributed by atoms with Gasteiger partial charge in [0.2, 0.25) is 0 Å². The number of aryl methyl sites for hydroxylation is 1. The Labute approximate surface area is 129 Å². The molecule has 1 unspecified atom stereocenters. The number of carbonyl (C=O) groups excluding carboxylic acids is 1. The van der Waals surface area contributed by atoms with Gasteiger partial charge >= 0.3 is 0 Å². The van der Waals surface area contributed by atoms with Gasteiger partial charge in [0.15, 0.2) is 6.10 Å². The normalized spacial score (nSPS) is 12.8. The van der Waals surface area contributed by atoms with Crippen LogP contribution in [0.1, 0.15) is 46.6 Å². The molecule has 0 spiro atoms. The third kappa shape index (κ3) is 5.07. The minimum absolute atomic E-state index is 0.0202. The molecule has 3 heteroatoms. The van der Waals surface area contributed by atoms with Crippen molar-refractivity contribution < 1.29 is 9.53 Å². The molecule has 1 aromatic carbocycles. The van der Waals surface area contributed by atoms with Gasteiger partial charge in [-0.3, -0.25) is 4.79 Å². The van der Waals surface area contributed by atoms with Crippen LogP contribution in [0.5, 0.6) is 5.75 Å². The number of ether oxygens (including phenoxy) is 1. The number of hydrogen-bond donors (Lipinski definition) is 1. The lowest BCUT2D eigenvalue weighted by molar-refractivity contribution is -0.129. The van der Waals surface area contributed by atoms with Crippen LogP contribution in [0.15, 0.2) is 24.3 Å². The molecule has 1 N–H and O–H groups in total. The summed E-state index contributed by atoms with van der Waals surface area (Å²) in [5.74, 6) is 1.58. The molecule has 0 radical (unpaired) electrons. The first-order valence-corrected chi connectivity index (χ1v) is 7.89. The molecule has 1 rings (SSSR count). The third-order valence-corrected chi connectivity index (χ3v) is 3.77. The van der Waals surface area contributed by atoms with Crippen LogP contribution in [0.2, 0.25) is 0 Å². The molecule has 0 saturated heterocycles. The average Bonchev–Trinajstić information content (AvgIpc) is 2.42. The highest BCUT2D eigenvalue weighted by atomic mass is 16.5. The monoisotopic (exact) mass is 291 g/mol. The van der Waals surface area contributed by atoms with E-state index in [1.807, 2.05) is 38.1 Å². The van der Waals surface area contributed by atoms with Crippen molar-refractivity contribution in [3.05, 3.63) is 29.8 Å². The van der Waals surface area contributed by atoms with Gasteiger partial charge in [-0.05, 0) is 36.8 Å². The van der Waals surface area contributed by atoms with E-state index in [1.54, 1.807) is 0 Å². The molecule has 0 aromatic heterocycles. The molecule has 1 amide bonds. The first-order valence-electron chi connectivity index (χ1n) is 7.89. The molecular formula is C18H29NO2. The Morgan fingerprint density at radius 2 is 1.71 bits per heavy atom. The van der Waals surface area contributed by atoms with Crippen molar-refractivity contribution in [1.82, 2.24) is 5.32 Å². The van der Waals surface area contributed by atoms with E-state index in [9.17, 15) is 4.79 Å². The molecule has 0 saturated carbocycles. The molecule has 0 aliphatic heterocycles. The highest BCUT2D eigenvalue weighted by molar-refractivity contribution is 5.81. The van der Waals surface area contributed by atoms with Gasteiger partial charge < -0.3 is 10.1 Å². The fourth-order valence-electron chi connectivity index (χ4n) is 2.52. The fourth-order valence-corrected chi connectivity index (χ4v) is 2.52. The van der Waals surface area contributed by atoms with Crippen molar-refractivity contribution in [1.29, 1.82) is 0 Å². The van der Waals surface area contributed by atoms with Crippen LogP contribution in [0, 0.1) is 18.8 Å². The minimum atomic E-state index is -0.439. The second kappa shape index (κ2) is 8.06. The Kier molecular flexibility index (Phi) is 6.73. The maximum atomic E-state index is 12.5. The van der Waals surface area contributed by atoms with Crippen LogP contribution in [0.4, 0.5) is 0 Å². The Morgan fingerprint density at radius 3 is 2.19 bits per heavy atom. The zero-order valence-corrected chi connectivity index (χ0v) is 14.1. The molecule has 21 heavy (non-hydrogen) atoms. The van der Waals surface area contributed by atoms with Crippen LogP contribution in [-0.4, -0.2) is 18.1 Å². The van der Waals surface area contributed by atoms with E-state index in [-0.39, 0.29) is 11.9 Å². The quantitative estimate of drug-likeness (QED) is 0.826. The van der Waals surface area contributed by atoms with Crippen LogP contribution < -0.4 is 10.1 Å². The molecule has 0 heterocycles. The van der Waals surface area contributed by atoms with E-state index in [0.29, 0.717) is 18.3 Å².